The standard InChI is InChI=1S/C21H27N5O3/c27-18-3-1-2-16(11-18)20-14-26(23-22-20)12-17-10-15-4-5-25(17)13-19(15)21(28)24-6-8-29-9-7-24/h1-3,11,14-15,17,19,27H,4-10,12-13H2/t15-,17+,19-/m0/s1. The van der Waals surface area contributed by atoms with Crippen molar-refractivity contribution in [2.24, 2.45) is 11.8 Å². The molecule has 4 fully saturated rings. The van der Waals surface area contributed by atoms with Crippen molar-refractivity contribution in [1.82, 2.24) is 24.8 Å². The number of aromatic nitrogens is 3. The van der Waals surface area contributed by atoms with Gasteiger partial charge in [0, 0.05) is 31.2 Å². The van der Waals surface area contributed by atoms with Crippen LogP contribution >= 0.6 is 0 Å². The molecular weight excluding hydrogens is 370 g/mol. The SMILES string of the molecule is O=C([C@H]1CN2CC[C@H]1C[C@@H]2Cn1cc(-c2cccc(O)c2)nn1)N1CCOCC1. The van der Waals surface area contributed by atoms with Crippen LogP contribution in [-0.2, 0) is 16.1 Å². The first kappa shape index (κ1) is 18.6. The summed E-state index contributed by atoms with van der Waals surface area (Å²) >= 11 is 0. The summed E-state index contributed by atoms with van der Waals surface area (Å²) in [6.07, 6.45) is 4.07. The second kappa shape index (κ2) is 7.76. The van der Waals surface area contributed by atoms with Gasteiger partial charge in [-0.15, -0.1) is 5.10 Å². The molecule has 154 valence electrons. The molecule has 8 heteroatoms. The summed E-state index contributed by atoms with van der Waals surface area (Å²) < 4.78 is 7.28. The second-order valence-corrected chi connectivity index (χ2v) is 8.35. The Balaban J connectivity index is 1.24. The van der Waals surface area contributed by atoms with Crippen molar-refractivity contribution in [2.45, 2.75) is 25.4 Å². The number of hydrogen-bond acceptors (Lipinski definition) is 6. The summed E-state index contributed by atoms with van der Waals surface area (Å²) in [7, 11) is 0. The highest BCUT2D eigenvalue weighted by atomic mass is 16.5. The second-order valence-electron chi connectivity index (χ2n) is 8.35. The Kier molecular flexibility index (Phi) is 4.97. The van der Waals surface area contributed by atoms with E-state index in [1.165, 1.54) is 0 Å². The monoisotopic (exact) mass is 397 g/mol. The van der Waals surface area contributed by atoms with Crippen LogP contribution < -0.4 is 0 Å². The quantitative estimate of drug-likeness (QED) is 0.835. The van der Waals surface area contributed by atoms with Crippen LogP contribution in [0.3, 0.4) is 0 Å². The Morgan fingerprint density at radius 3 is 2.86 bits per heavy atom. The highest BCUT2D eigenvalue weighted by Crippen LogP contribution is 2.38. The number of carbonyl (C=O) groups is 1. The fourth-order valence-electron chi connectivity index (χ4n) is 5.03. The van der Waals surface area contributed by atoms with Gasteiger partial charge in [-0.05, 0) is 37.4 Å². The maximum Gasteiger partial charge on any atom is 0.227 e. The average molecular weight is 397 g/mol. The van der Waals surface area contributed by atoms with Gasteiger partial charge < -0.3 is 14.7 Å². The van der Waals surface area contributed by atoms with Crippen LogP contribution in [0.5, 0.6) is 5.75 Å². The number of aromatic hydroxyl groups is 1. The van der Waals surface area contributed by atoms with Crippen molar-refractivity contribution in [1.29, 1.82) is 0 Å². The number of phenols is 1. The van der Waals surface area contributed by atoms with Crippen molar-refractivity contribution in [3.8, 4) is 17.0 Å². The lowest BCUT2D eigenvalue weighted by Crippen LogP contribution is -2.59. The van der Waals surface area contributed by atoms with Crippen LogP contribution in [0.25, 0.3) is 11.3 Å². The average Bonchev–Trinajstić information content (AvgIpc) is 3.23. The van der Waals surface area contributed by atoms with E-state index in [4.69, 9.17) is 4.74 Å². The number of fused-ring (bicyclic) bond motifs is 3. The first-order chi connectivity index (χ1) is 14.2. The zero-order valence-corrected chi connectivity index (χ0v) is 16.5. The number of rotatable bonds is 4. The molecule has 0 aliphatic carbocycles. The molecule has 4 saturated heterocycles. The van der Waals surface area contributed by atoms with Gasteiger partial charge in [0.15, 0.2) is 0 Å². The molecule has 0 saturated carbocycles. The van der Waals surface area contributed by atoms with Gasteiger partial charge >= 0.3 is 0 Å². The number of benzene rings is 1. The molecule has 1 aromatic heterocycles. The van der Waals surface area contributed by atoms with Gasteiger partial charge in [0.1, 0.15) is 11.4 Å². The highest BCUT2D eigenvalue weighted by molar-refractivity contribution is 5.79. The zero-order chi connectivity index (χ0) is 19.8. The first-order valence-corrected chi connectivity index (χ1v) is 10.5. The van der Waals surface area contributed by atoms with E-state index >= 15 is 0 Å². The van der Waals surface area contributed by atoms with Gasteiger partial charge in [-0.2, -0.15) is 0 Å². The summed E-state index contributed by atoms with van der Waals surface area (Å²) in [5.41, 5.74) is 1.62. The predicted octanol–water partition coefficient (Wildman–Crippen LogP) is 1.22. The minimum Gasteiger partial charge on any atom is -0.508 e. The molecule has 1 amide bonds. The van der Waals surface area contributed by atoms with E-state index in [2.05, 4.69) is 15.2 Å². The molecule has 0 radical (unpaired) electrons. The fourth-order valence-corrected chi connectivity index (χ4v) is 5.03. The fraction of sp³-hybridized carbons (Fsp3) is 0.571. The third-order valence-electron chi connectivity index (χ3n) is 6.60. The number of piperidine rings is 3. The van der Waals surface area contributed by atoms with Crippen LogP contribution in [0.4, 0.5) is 0 Å². The van der Waals surface area contributed by atoms with E-state index in [1.807, 2.05) is 21.8 Å². The summed E-state index contributed by atoms with van der Waals surface area (Å²) in [5, 5.41) is 18.2. The van der Waals surface area contributed by atoms with Crippen molar-refractivity contribution >= 4 is 5.91 Å². The molecule has 0 spiro atoms. The van der Waals surface area contributed by atoms with E-state index in [0.29, 0.717) is 31.1 Å². The Hall–Kier alpha value is -2.45. The Morgan fingerprint density at radius 1 is 1.24 bits per heavy atom. The molecular formula is C21H27N5O3. The lowest BCUT2D eigenvalue weighted by atomic mass is 9.75. The third-order valence-corrected chi connectivity index (χ3v) is 6.60. The Labute approximate surface area is 170 Å². The van der Waals surface area contributed by atoms with Gasteiger partial charge in [0.2, 0.25) is 5.91 Å². The van der Waals surface area contributed by atoms with Crippen LogP contribution in [0.2, 0.25) is 0 Å². The Bertz CT molecular complexity index is 879. The summed E-state index contributed by atoms with van der Waals surface area (Å²) in [6.45, 7) is 5.44. The lowest BCUT2D eigenvalue weighted by Gasteiger charge is -2.50. The predicted molar refractivity (Wildman–Crippen MR) is 106 cm³/mol. The summed E-state index contributed by atoms with van der Waals surface area (Å²) in [4.78, 5) is 17.4. The van der Waals surface area contributed by atoms with Crippen molar-refractivity contribution < 1.29 is 14.6 Å². The van der Waals surface area contributed by atoms with Gasteiger partial charge in [0.05, 0.1) is 31.9 Å². The van der Waals surface area contributed by atoms with Crippen molar-refractivity contribution in [3.05, 3.63) is 30.5 Å². The molecule has 1 unspecified atom stereocenters. The number of hydrogen-bond donors (Lipinski definition) is 1. The van der Waals surface area contributed by atoms with Gasteiger partial charge in [-0.25, -0.2) is 0 Å². The largest absolute Gasteiger partial charge is 0.508 e. The van der Waals surface area contributed by atoms with Crippen molar-refractivity contribution in [3.63, 3.8) is 0 Å². The van der Waals surface area contributed by atoms with Crippen LogP contribution in [0.1, 0.15) is 12.8 Å². The number of nitrogens with zero attached hydrogens (tertiary/aromatic N) is 5. The molecule has 6 rings (SSSR count). The van der Waals surface area contributed by atoms with E-state index in [9.17, 15) is 9.90 Å². The van der Waals surface area contributed by atoms with Crippen molar-refractivity contribution in [2.75, 3.05) is 39.4 Å². The summed E-state index contributed by atoms with van der Waals surface area (Å²) in [5.74, 6) is 1.11. The van der Waals surface area contributed by atoms with E-state index in [-0.39, 0.29) is 11.7 Å². The number of phenolic OH excluding ortho intramolecular Hbond substituents is 1. The normalized spacial score (nSPS) is 29.2. The molecule has 2 aromatic rings. The zero-order valence-electron chi connectivity index (χ0n) is 16.5. The number of ether oxygens (including phenoxy) is 1. The molecule has 29 heavy (non-hydrogen) atoms. The van der Waals surface area contributed by atoms with Crippen LogP contribution in [0, 0.1) is 11.8 Å². The van der Waals surface area contributed by atoms with Gasteiger partial charge in [0.25, 0.3) is 0 Å². The van der Waals surface area contributed by atoms with Gasteiger partial charge in [-0.3, -0.25) is 14.4 Å². The molecule has 1 N–H and O–H groups in total. The molecule has 5 heterocycles. The number of amides is 1. The minimum absolute atomic E-state index is 0.122. The van der Waals surface area contributed by atoms with E-state index in [1.54, 1.807) is 18.2 Å². The maximum absolute atomic E-state index is 13.0. The molecule has 1 aromatic carbocycles. The molecule has 2 bridgehead atoms. The maximum atomic E-state index is 13.0. The van der Waals surface area contributed by atoms with Crippen LogP contribution in [0.15, 0.2) is 30.5 Å². The highest BCUT2D eigenvalue weighted by Gasteiger charge is 2.44. The van der Waals surface area contributed by atoms with E-state index in [0.717, 1.165) is 56.8 Å². The lowest BCUT2D eigenvalue weighted by molar-refractivity contribution is -0.148. The molecule has 4 aliphatic heterocycles. The topological polar surface area (TPSA) is 83.7 Å². The molecule has 4 atom stereocenters. The number of morpholine rings is 1. The smallest absolute Gasteiger partial charge is 0.227 e. The minimum atomic E-state index is 0.122. The van der Waals surface area contributed by atoms with Gasteiger partial charge in [-0.1, -0.05) is 17.3 Å². The summed E-state index contributed by atoms with van der Waals surface area (Å²) in [6, 6.07) is 7.46. The molecule has 4 aliphatic rings. The first-order valence-electron chi connectivity index (χ1n) is 10.5. The number of carbonyl (C=O) groups excluding carboxylic acids is 1. The Morgan fingerprint density at radius 2 is 2.10 bits per heavy atom. The third kappa shape index (κ3) is 3.74. The molecule has 8 nitrogen and oxygen atoms in total. The van der Waals surface area contributed by atoms with Crippen LogP contribution in [-0.4, -0.2) is 81.2 Å². The van der Waals surface area contributed by atoms with E-state index < -0.39 is 0 Å².